The van der Waals surface area contributed by atoms with Crippen molar-refractivity contribution in [1.29, 1.82) is 0 Å². The summed E-state index contributed by atoms with van der Waals surface area (Å²) in [5, 5.41) is 8.99. The molecular formula is C15H16N2O4S. The third-order valence-electron chi connectivity index (χ3n) is 3.07. The molecule has 0 aliphatic rings. The van der Waals surface area contributed by atoms with Gasteiger partial charge in [-0.05, 0) is 43.7 Å². The minimum atomic E-state index is -3.79. The summed E-state index contributed by atoms with van der Waals surface area (Å²) in [5.41, 5.74) is 0.625. The maximum absolute atomic E-state index is 12.7. The van der Waals surface area contributed by atoms with Crippen molar-refractivity contribution in [2.24, 2.45) is 0 Å². The Labute approximate surface area is 129 Å². The molecule has 0 atom stereocenters. The summed E-state index contributed by atoms with van der Waals surface area (Å²) in [6.45, 7) is 3.62. The van der Waals surface area contributed by atoms with Crippen molar-refractivity contribution in [3.63, 3.8) is 0 Å². The number of carboxylic acid groups (broad SMARTS) is 1. The molecule has 7 heteroatoms. The highest BCUT2D eigenvalue weighted by Crippen LogP contribution is 2.22. The smallest absolute Gasteiger partial charge is 0.354 e. The fraction of sp³-hybridized carbons (Fsp3) is 0.200. The Morgan fingerprint density at radius 3 is 2.50 bits per heavy atom. The largest absolute Gasteiger partial charge is 0.477 e. The predicted octanol–water partition coefficient (Wildman–Crippen LogP) is 2.30. The van der Waals surface area contributed by atoms with Crippen LogP contribution in [0.3, 0.4) is 0 Å². The molecule has 0 bridgehead atoms. The van der Waals surface area contributed by atoms with Crippen LogP contribution in [-0.2, 0) is 10.0 Å². The van der Waals surface area contributed by atoms with E-state index in [9.17, 15) is 13.2 Å². The van der Waals surface area contributed by atoms with Crippen molar-refractivity contribution in [1.82, 2.24) is 4.98 Å². The Morgan fingerprint density at radius 2 is 1.91 bits per heavy atom. The highest BCUT2D eigenvalue weighted by atomic mass is 32.2. The monoisotopic (exact) mass is 320 g/mol. The zero-order valence-electron chi connectivity index (χ0n) is 12.2. The predicted molar refractivity (Wildman–Crippen MR) is 82.6 cm³/mol. The molecular weight excluding hydrogens is 304 g/mol. The molecule has 0 radical (unpaired) electrons. The quantitative estimate of drug-likeness (QED) is 0.913. The molecule has 1 aromatic carbocycles. The zero-order chi connectivity index (χ0) is 16.3. The number of anilines is 1. The maximum Gasteiger partial charge on any atom is 0.354 e. The lowest BCUT2D eigenvalue weighted by atomic mass is 10.2. The fourth-order valence-corrected chi connectivity index (χ4v) is 3.57. The molecule has 2 rings (SSSR count). The molecule has 0 fully saturated rings. The summed E-state index contributed by atoms with van der Waals surface area (Å²) < 4.78 is 26.6. The summed E-state index contributed by atoms with van der Waals surface area (Å²) in [4.78, 5) is 15.1. The first-order chi connectivity index (χ1) is 10.4. The van der Waals surface area contributed by atoms with E-state index >= 15 is 0 Å². The van der Waals surface area contributed by atoms with Gasteiger partial charge >= 0.3 is 5.97 Å². The van der Waals surface area contributed by atoms with Crippen LogP contribution in [0.5, 0.6) is 0 Å². The Bertz CT molecular complexity index is 803. The van der Waals surface area contributed by atoms with Crippen LogP contribution in [0.1, 0.15) is 23.0 Å². The van der Waals surface area contributed by atoms with Crippen molar-refractivity contribution in [2.75, 3.05) is 10.8 Å². The standard InChI is InChI=1S/C15H16N2O4S/c1-3-17(14-9-5-8-13(16-14)15(18)19)22(20,21)12-7-4-6-11(2)10-12/h4-10H,3H2,1-2H3,(H,18,19). The Hall–Kier alpha value is -2.41. The van der Waals surface area contributed by atoms with E-state index in [1.807, 2.05) is 0 Å². The number of carbonyl (C=O) groups is 1. The van der Waals surface area contributed by atoms with Gasteiger partial charge in [-0.3, -0.25) is 4.31 Å². The molecule has 1 heterocycles. The average molecular weight is 320 g/mol. The first-order valence-electron chi connectivity index (χ1n) is 6.66. The molecule has 0 saturated carbocycles. The molecule has 0 aliphatic heterocycles. The number of aryl methyl sites for hydroxylation is 1. The van der Waals surface area contributed by atoms with Gasteiger partial charge in [-0.25, -0.2) is 18.2 Å². The number of nitrogens with zero attached hydrogens (tertiary/aromatic N) is 2. The van der Waals surface area contributed by atoms with E-state index in [4.69, 9.17) is 5.11 Å². The lowest BCUT2D eigenvalue weighted by molar-refractivity contribution is 0.0690. The molecule has 6 nitrogen and oxygen atoms in total. The second-order valence-corrected chi connectivity index (χ2v) is 6.53. The van der Waals surface area contributed by atoms with Gasteiger partial charge in [0, 0.05) is 6.54 Å². The Morgan fingerprint density at radius 1 is 1.23 bits per heavy atom. The number of aromatic nitrogens is 1. The summed E-state index contributed by atoms with van der Waals surface area (Å²) in [6.07, 6.45) is 0. The number of sulfonamides is 1. The number of aromatic carboxylic acids is 1. The van der Waals surface area contributed by atoms with E-state index in [0.29, 0.717) is 0 Å². The van der Waals surface area contributed by atoms with Gasteiger partial charge in [0.05, 0.1) is 4.90 Å². The average Bonchev–Trinajstić information content (AvgIpc) is 2.48. The molecule has 1 aromatic heterocycles. The lowest BCUT2D eigenvalue weighted by Gasteiger charge is -2.22. The van der Waals surface area contributed by atoms with Crippen LogP contribution < -0.4 is 4.31 Å². The van der Waals surface area contributed by atoms with Gasteiger partial charge in [0.25, 0.3) is 10.0 Å². The highest BCUT2D eigenvalue weighted by molar-refractivity contribution is 7.92. The van der Waals surface area contributed by atoms with Gasteiger partial charge in [-0.2, -0.15) is 0 Å². The molecule has 0 aliphatic carbocycles. The molecule has 0 spiro atoms. The number of pyridine rings is 1. The van der Waals surface area contributed by atoms with Gasteiger partial charge in [0.15, 0.2) is 5.69 Å². The summed E-state index contributed by atoms with van der Waals surface area (Å²) >= 11 is 0. The van der Waals surface area contributed by atoms with Gasteiger partial charge in [0.1, 0.15) is 5.82 Å². The second-order valence-electron chi connectivity index (χ2n) is 4.67. The van der Waals surface area contributed by atoms with Crippen LogP contribution >= 0.6 is 0 Å². The second kappa shape index (κ2) is 6.15. The molecule has 1 N–H and O–H groups in total. The molecule has 22 heavy (non-hydrogen) atoms. The van der Waals surface area contributed by atoms with Gasteiger partial charge in [-0.15, -0.1) is 0 Å². The van der Waals surface area contributed by atoms with Crippen molar-refractivity contribution in [2.45, 2.75) is 18.7 Å². The topological polar surface area (TPSA) is 87.6 Å². The van der Waals surface area contributed by atoms with Crippen LogP contribution in [0.2, 0.25) is 0 Å². The van der Waals surface area contributed by atoms with Crippen molar-refractivity contribution < 1.29 is 18.3 Å². The number of hydrogen-bond donors (Lipinski definition) is 1. The number of carboxylic acids is 1. The van der Waals surface area contributed by atoms with E-state index in [0.717, 1.165) is 9.87 Å². The minimum Gasteiger partial charge on any atom is -0.477 e. The van der Waals surface area contributed by atoms with E-state index in [1.165, 1.54) is 24.3 Å². The maximum atomic E-state index is 12.7. The number of rotatable bonds is 5. The summed E-state index contributed by atoms with van der Waals surface area (Å²) in [5.74, 6) is -1.12. The number of hydrogen-bond acceptors (Lipinski definition) is 4. The lowest BCUT2D eigenvalue weighted by Crippen LogP contribution is -2.31. The van der Waals surface area contributed by atoms with Gasteiger partial charge in [-0.1, -0.05) is 18.2 Å². The first kappa shape index (κ1) is 16.0. The van der Waals surface area contributed by atoms with Crippen molar-refractivity contribution >= 4 is 21.8 Å². The SMILES string of the molecule is CCN(c1cccc(C(=O)O)n1)S(=O)(=O)c1cccc(C)c1. The van der Waals surface area contributed by atoms with E-state index in [1.54, 1.807) is 32.0 Å². The van der Waals surface area contributed by atoms with Crippen LogP contribution in [0.25, 0.3) is 0 Å². The molecule has 2 aromatic rings. The van der Waals surface area contributed by atoms with E-state index in [2.05, 4.69) is 4.98 Å². The van der Waals surface area contributed by atoms with Gasteiger partial charge in [0.2, 0.25) is 0 Å². The summed E-state index contributed by atoms with van der Waals surface area (Å²) in [7, 11) is -3.79. The molecule has 0 saturated heterocycles. The third-order valence-corrected chi connectivity index (χ3v) is 4.95. The molecule has 0 unspecified atom stereocenters. The zero-order valence-corrected chi connectivity index (χ0v) is 13.0. The number of benzene rings is 1. The van der Waals surface area contributed by atoms with Crippen molar-refractivity contribution in [3.8, 4) is 0 Å². The van der Waals surface area contributed by atoms with E-state index in [-0.39, 0.29) is 23.0 Å². The Kier molecular flexibility index (Phi) is 4.46. The third kappa shape index (κ3) is 3.09. The fourth-order valence-electron chi connectivity index (χ4n) is 2.04. The Balaban J connectivity index is 2.51. The minimum absolute atomic E-state index is 0.0870. The van der Waals surface area contributed by atoms with Gasteiger partial charge < -0.3 is 5.11 Å². The van der Waals surface area contributed by atoms with Crippen molar-refractivity contribution in [3.05, 3.63) is 53.7 Å². The van der Waals surface area contributed by atoms with Crippen LogP contribution in [0, 0.1) is 6.92 Å². The van der Waals surface area contributed by atoms with Crippen LogP contribution in [0.15, 0.2) is 47.4 Å². The normalized spacial score (nSPS) is 11.2. The highest BCUT2D eigenvalue weighted by Gasteiger charge is 2.25. The van der Waals surface area contributed by atoms with Crippen LogP contribution in [0.4, 0.5) is 5.82 Å². The van der Waals surface area contributed by atoms with Crippen LogP contribution in [-0.4, -0.2) is 31.0 Å². The molecule has 116 valence electrons. The summed E-state index contributed by atoms with van der Waals surface area (Å²) in [6, 6.07) is 10.8. The first-order valence-corrected chi connectivity index (χ1v) is 8.10. The molecule has 0 amide bonds. The van der Waals surface area contributed by atoms with E-state index < -0.39 is 16.0 Å².